The number of hydrogen-bond acceptors (Lipinski definition) is 5. The number of likely N-dealkylation sites (tertiary alicyclic amines) is 1. The molecule has 26 heavy (non-hydrogen) atoms. The van der Waals surface area contributed by atoms with Crippen LogP contribution in [0, 0.1) is 0 Å². The van der Waals surface area contributed by atoms with Crippen LogP contribution in [-0.2, 0) is 19.1 Å². The molecule has 0 unspecified atom stereocenters. The summed E-state index contributed by atoms with van der Waals surface area (Å²) in [6, 6.07) is -1.21. The Hall–Kier alpha value is -2.05. The van der Waals surface area contributed by atoms with Crippen molar-refractivity contribution in [3.05, 3.63) is 12.7 Å². The molecule has 2 heterocycles. The molecule has 0 aromatic heterocycles. The molecule has 0 aromatic carbocycles. The smallest absolute Gasteiger partial charge is 0.408 e. The Morgan fingerprint density at radius 3 is 2.69 bits per heavy atom. The lowest BCUT2D eigenvalue weighted by Gasteiger charge is -2.30. The molecule has 2 amide bonds. The van der Waals surface area contributed by atoms with E-state index in [0.717, 1.165) is 25.7 Å². The maximum Gasteiger partial charge on any atom is 0.408 e. The van der Waals surface area contributed by atoms with Crippen LogP contribution in [0.2, 0.25) is 0 Å². The molecule has 0 radical (unpaired) electrons. The van der Waals surface area contributed by atoms with Gasteiger partial charge in [-0.1, -0.05) is 18.9 Å². The number of alkyl carbamates (subject to hydrolysis) is 1. The summed E-state index contributed by atoms with van der Waals surface area (Å²) in [5.74, 6) is -0.583. The minimum atomic E-state index is -0.694. The molecule has 0 aliphatic carbocycles. The number of esters is 1. The highest BCUT2D eigenvalue weighted by Crippen LogP contribution is 2.30. The van der Waals surface area contributed by atoms with E-state index < -0.39 is 23.8 Å². The number of amides is 2. The normalized spacial score (nSPS) is 22.7. The van der Waals surface area contributed by atoms with Gasteiger partial charge in [-0.15, -0.1) is 6.58 Å². The molecular weight excluding hydrogens is 336 g/mol. The van der Waals surface area contributed by atoms with Crippen molar-refractivity contribution in [1.82, 2.24) is 10.2 Å². The van der Waals surface area contributed by atoms with Crippen molar-refractivity contribution in [2.45, 2.75) is 83.1 Å². The maximum absolute atomic E-state index is 12.9. The lowest BCUT2D eigenvalue weighted by Crippen LogP contribution is -2.54. The number of fused-ring (bicyclic) bond motifs is 2. The first-order valence-corrected chi connectivity index (χ1v) is 9.32. The van der Waals surface area contributed by atoms with Gasteiger partial charge < -0.3 is 19.7 Å². The van der Waals surface area contributed by atoms with Crippen molar-refractivity contribution in [2.75, 3.05) is 6.54 Å². The van der Waals surface area contributed by atoms with Crippen LogP contribution in [0.3, 0.4) is 0 Å². The molecule has 2 saturated heterocycles. The standard InChI is InChI=1S/C19H30N2O5/c1-5-6-7-8-9-10-14(20-18(24)26-19(2,3)4)16(22)21-12-13-11-15(21)17(23)25-13/h5,13-15H,1,6-12H2,2-4H3,(H,20,24)/t13-,14+,15+/m1/s1. The first-order valence-electron chi connectivity index (χ1n) is 9.32. The molecule has 0 aromatic rings. The minimum absolute atomic E-state index is 0.216. The van der Waals surface area contributed by atoms with Gasteiger partial charge in [0.15, 0.2) is 0 Å². The fraction of sp³-hybridized carbons (Fsp3) is 0.737. The maximum atomic E-state index is 12.9. The van der Waals surface area contributed by atoms with Crippen LogP contribution in [0.15, 0.2) is 12.7 Å². The Morgan fingerprint density at radius 1 is 1.38 bits per heavy atom. The highest BCUT2D eigenvalue weighted by atomic mass is 16.6. The summed E-state index contributed by atoms with van der Waals surface area (Å²) in [7, 11) is 0. The second kappa shape index (κ2) is 8.56. The third-order valence-corrected chi connectivity index (χ3v) is 4.49. The van der Waals surface area contributed by atoms with E-state index >= 15 is 0 Å². The lowest BCUT2D eigenvalue weighted by atomic mass is 10.1. The van der Waals surface area contributed by atoms with E-state index in [1.54, 1.807) is 25.7 Å². The number of unbranched alkanes of at least 4 members (excludes halogenated alkanes) is 3. The van der Waals surface area contributed by atoms with Crippen LogP contribution in [0.25, 0.3) is 0 Å². The second-order valence-electron chi connectivity index (χ2n) is 7.93. The van der Waals surface area contributed by atoms with E-state index in [-0.39, 0.29) is 18.0 Å². The average Bonchev–Trinajstić information content (AvgIpc) is 3.10. The molecule has 1 N–H and O–H groups in total. The Bertz CT molecular complexity index is 555. The summed E-state index contributed by atoms with van der Waals surface area (Å²) in [5, 5.41) is 2.69. The van der Waals surface area contributed by atoms with Crippen molar-refractivity contribution in [3.63, 3.8) is 0 Å². The molecule has 2 fully saturated rings. The van der Waals surface area contributed by atoms with Gasteiger partial charge in [-0.25, -0.2) is 9.59 Å². The second-order valence-corrected chi connectivity index (χ2v) is 7.93. The minimum Gasteiger partial charge on any atom is -0.459 e. The van der Waals surface area contributed by atoms with Gasteiger partial charge in [-0.2, -0.15) is 0 Å². The first kappa shape index (κ1) is 20.3. The molecule has 2 aliphatic rings. The Kier molecular flexibility index (Phi) is 6.67. The van der Waals surface area contributed by atoms with Gasteiger partial charge in [0.05, 0.1) is 6.54 Å². The number of nitrogens with zero attached hydrogens (tertiary/aromatic N) is 1. The number of rotatable bonds is 8. The molecule has 2 bridgehead atoms. The highest BCUT2D eigenvalue weighted by Gasteiger charge is 2.49. The summed E-state index contributed by atoms with van der Waals surface area (Å²) in [6.07, 6.45) is 5.76. The molecule has 3 atom stereocenters. The quantitative estimate of drug-likeness (QED) is 0.405. The predicted octanol–water partition coefficient (Wildman–Crippen LogP) is 2.54. The highest BCUT2D eigenvalue weighted by molar-refractivity contribution is 5.91. The molecule has 7 heteroatoms. The van der Waals surface area contributed by atoms with Gasteiger partial charge in [-0.3, -0.25) is 4.79 Å². The zero-order valence-electron chi connectivity index (χ0n) is 16.0. The first-order chi connectivity index (χ1) is 12.2. The number of carbonyl (C=O) groups is 3. The number of ether oxygens (including phenoxy) is 2. The monoisotopic (exact) mass is 366 g/mol. The summed E-state index contributed by atoms with van der Waals surface area (Å²) in [6.45, 7) is 9.42. The number of hydrogen-bond donors (Lipinski definition) is 1. The van der Waals surface area contributed by atoms with Gasteiger partial charge in [0.2, 0.25) is 5.91 Å². The number of nitrogens with one attached hydrogen (secondary N) is 1. The van der Waals surface area contributed by atoms with Crippen molar-refractivity contribution < 1.29 is 23.9 Å². The predicted molar refractivity (Wildman–Crippen MR) is 96.4 cm³/mol. The van der Waals surface area contributed by atoms with Crippen molar-refractivity contribution in [1.29, 1.82) is 0 Å². The Labute approximate surface area is 155 Å². The number of carbonyl (C=O) groups excluding carboxylic acids is 3. The third kappa shape index (κ3) is 5.47. The molecule has 2 aliphatic heterocycles. The van der Waals surface area contributed by atoms with E-state index in [0.29, 0.717) is 19.4 Å². The van der Waals surface area contributed by atoms with Gasteiger partial charge in [0, 0.05) is 6.42 Å². The van der Waals surface area contributed by atoms with Gasteiger partial charge in [0.1, 0.15) is 23.8 Å². The van der Waals surface area contributed by atoms with Gasteiger partial charge >= 0.3 is 12.1 Å². The number of allylic oxidation sites excluding steroid dienone is 1. The fourth-order valence-electron chi connectivity index (χ4n) is 3.31. The topological polar surface area (TPSA) is 84.9 Å². The fourth-order valence-corrected chi connectivity index (χ4v) is 3.31. The Balaban J connectivity index is 1.97. The van der Waals surface area contributed by atoms with E-state index in [2.05, 4.69) is 11.9 Å². The molecule has 0 saturated carbocycles. The average molecular weight is 366 g/mol. The van der Waals surface area contributed by atoms with E-state index in [1.807, 2.05) is 6.08 Å². The van der Waals surface area contributed by atoms with Crippen LogP contribution in [0.5, 0.6) is 0 Å². The van der Waals surface area contributed by atoms with E-state index in [1.165, 1.54) is 0 Å². The summed E-state index contributed by atoms with van der Waals surface area (Å²) < 4.78 is 10.4. The van der Waals surface area contributed by atoms with Crippen LogP contribution in [0.4, 0.5) is 4.79 Å². The SMILES string of the molecule is C=CCCCCC[C@H](NC(=O)OC(C)(C)C)C(=O)N1C[C@H]2C[C@H]1C(=O)O2. The van der Waals surface area contributed by atoms with E-state index in [9.17, 15) is 14.4 Å². The zero-order valence-corrected chi connectivity index (χ0v) is 16.0. The van der Waals surface area contributed by atoms with Gasteiger partial charge in [-0.05, 0) is 40.0 Å². The molecule has 0 spiro atoms. The summed E-state index contributed by atoms with van der Waals surface area (Å²) in [5.41, 5.74) is -0.641. The van der Waals surface area contributed by atoms with Gasteiger partial charge in [0.25, 0.3) is 0 Å². The van der Waals surface area contributed by atoms with Crippen LogP contribution in [0.1, 0.15) is 59.3 Å². The summed E-state index contributed by atoms with van der Waals surface area (Å²) >= 11 is 0. The molecule has 7 nitrogen and oxygen atoms in total. The van der Waals surface area contributed by atoms with Crippen molar-refractivity contribution in [3.8, 4) is 0 Å². The summed E-state index contributed by atoms with van der Waals surface area (Å²) in [4.78, 5) is 38.4. The van der Waals surface area contributed by atoms with Crippen LogP contribution in [-0.4, -0.2) is 53.2 Å². The van der Waals surface area contributed by atoms with E-state index in [4.69, 9.17) is 9.47 Å². The molecule has 2 rings (SSSR count). The van der Waals surface area contributed by atoms with Crippen LogP contribution < -0.4 is 5.32 Å². The molecular formula is C19H30N2O5. The largest absolute Gasteiger partial charge is 0.459 e. The lowest BCUT2D eigenvalue weighted by molar-refractivity contribution is -0.157. The van der Waals surface area contributed by atoms with Crippen molar-refractivity contribution >= 4 is 18.0 Å². The zero-order chi connectivity index (χ0) is 19.3. The van der Waals surface area contributed by atoms with Crippen LogP contribution >= 0.6 is 0 Å². The molecule has 146 valence electrons. The third-order valence-electron chi connectivity index (χ3n) is 4.49. The Morgan fingerprint density at radius 2 is 2.12 bits per heavy atom. The number of morpholine rings is 1. The van der Waals surface area contributed by atoms with Crippen molar-refractivity contribution in [2.24, 2.45) is 0 Å².